The maximum atomic E-state index is 12.3. The standard InChI is InChI=1S/C22H21ClN6O/c1-15-6-2-5-9-18(15)25-22(30)13-12-21-27-26-20-11-10-19(28-29(20)21)24-14-16-7-3-4-8-17(16)23/h2-11H,12-14H2,1H3,(H,24,28)(H,25,30). The maximum absolute atomic E-state index is 12.3. The van der Waals surface area contributed by atoms with E-state index < -0.39 is 0 Å². The molecule has 0 aliphatic rings. The van der Waals surface area contributed by atoms with E-state index >= 15 is 0 Å². The zero-order valence-corrected chi connectivity index (χ0v) is 17.2. The zero-order chi connectivity index (χ0) is 20.9. The fourth-order valence-corrected chi connectivity index (χ4v) is 3.26. The summed E-state index contributed by atoms with van der Waals surface area (Å²) < 4.78 is 1.66. The molecule has 0 unspecified atom stereocenters. The summed E-state index contributed by atoms with van der Waals surface area (Å²) >= 11 is 6.21. The van der Waals surface area contributed by atoms with E-state index in [-0.39, 0.29) is 12.3 Å². The number of rotatable bonds is 7. The van der Waals surface area contributed by atoms with Gasteiger partial charge in [-0.2, -0.15) is 4.52 Å². The number of carbonyl (C=O) groups excluding carboxylic acids is 1. The number of nitrogens with zero attached hydrogens (tertiary/aromatic N) is 4. The van der Waals surface area contributed by atoms with Gasteiger partial charge in [0.2, 0.25) is 5.91 Å². The van der Waals surface area contributed by atoms with E-state index in [0.717, 1.165) is 16.8 Å². The molecule has 0 saturated carbocycles. The summed E-state index contributed by atoms with van der Waals surface area (Å²) in [6, 6.07) is 19.0. The number of aryl methyl sites for hydroxylation is 2. The van der Waals surface area contributed by atoms with Crippen molar-refractivity contribution in [2.45, 2.75) is 26.3 Å². The molecule has 0 bridgehead atoms. The largest absolute Gasteiger partial charge is 0.364 e. The smallest absolute Gasteiger partial charge is 0.224 e. The Labute approximate surface area is 179 Å². The number of halogens is 1. The number of anilines is 2. The Kier molecular flexibility index (Phi) is 5.90. The quantitative estimate of drug-likeness (QED) is 0.466. The summed E-state index contributed by atoms with van der Waals surface area (Å²) in [5.41, 5.74) is 3.46. The average molecular weight is 421 g/mol. The van der Waals surface area contributed by atoms with Crippen molar-refractivity contribution in [1.29, 1.82) is 0 Å². The molecule has 4 rings (SSSR count). The summed E-state index contributed by atoms with van der Waals surface area (Å²) in [5.74, 6) is 1.23. The molecule has 2 heterocycles. The Hall–Kier alpha value is -3.45. The minimum absolute atomic E-state index is 0.0750. The van der Waals surface area contributed by atoms with Crippen LogP contribution in [0.15, 0.2) is 60.7 Å². The van der Waals surface area contributed by atoms with Gasteiger partial charge in [0.1, 0.15) is 5.82 Å². The highest BCUT2D eigenvalue weighted by Crippen LogP contribution is 2.17. The lowest BCUT2D eigenvalue weighted by atomic mass is 10.2. The molecule has 0 spiro atoms. The second-order valence-electron chi connectivity index (χ2n) is 6.91. The van der Waals surface area contributed by atoms with Gasteiger partial charge in [-0.25, -0.2) is 0 Å². The van der Waals surface area contributed by atoms with Crippen LogP contribution >= 0.6 is 11.6 Å². The van der Waals surface area contributed by atoms with Crippen LogP contribution in [0.25, 0.3) is 5.65 Å². The fourth-order valence-electron chi connectivity index (χ4n) is 3.06. The summed E-state index contributed by atoms with van der Waals surface area (Å²) in [6.07, 6.45) is 0.716. The van der Waals surface area contributed by atoms with Gasteiger partial charge in [0.25, 0.3) is 0 Å². The number of amides is 1. The molecule has 0 radical (unpaired) electrons. The first-order valence-electron chi connectivity index (χ1n) is 9.64. The third-order valence-corrected chi connectivity index (χ3v) is 5.11. The van der Waals surface area contributed by atoms with Crippen molar-refractivity contribution in [3.05, 3.63) is 82.6 Å². The summed E-state index contributed by atoms with van der Waals surface area (Å²) in [5, 5.41) is 19.8. The number of fused-ring (bicyclic) bond motifs is 1. The molecule has 0 fully saturated rings. The van der Waals surface area contributed by atoms with Crippen LogP contribution in [-0.4, -0.2) is 25.7 Å². The molecule has 0 aliphatic carbocycles. The number of hydrogen-bond acceptors (Lipinski definition) is 5. The van der Waals surface area contributed by atoms with Crippen LogP contribution in [0.4, 0.5) is 11.5 Å². The monoisotopic (exact) mass is 420 g/mol. The van der Waals surface area contributed by atoms with Crippen molar-refractivity contribution in [1.82, 2.24) is 19.8 Å². The molecule has 8 heteroatoms. The highest BCUT2D eigenvalue weighted by molar-refractivity contribution is 6.31. The van der Waals surface area contributed by atoms with Crippen molar-refractivity contribution >= 4 is 34.7 Å². The molecule has 0 atom stereocenters. The highest BCUT2D eigenvalue weighted by atomic mass is 35.5. The van der Waals surface area contributed by atoms with Gasteiger partial charge in [-0.05, 0) is 42.3 Å². The number of carbonyl (C=O) groups is 1. The van der Waals surface area contributed by atoms with Gasteiger partial charge < -0.3 is 10.6 Å². The van der Waals surface area contributed by atoms with Crippen LogP contribution in [0.1, 0.15) is 23.4 Å². The highest BCUT2D eigenvalue weighted by Gasteiger charge is 2.11. The van der Waals surface area contributed by atoms with Crippen LogP contribution in [0.5, 0.6) is 0 Å². The first kappa shape index (κ1) is 19.8. The van der Waals surface area contributed by atoms with Crippen molar-refractivity contribution in [3.63, 3.8) is 0 Å². The van der Waals surface area contributed by atoms with Crippen LogP contribution in [0.3, 0.4) is 0 Å². The Morgan fingerprint density at radius 1 is 1.03 bits per heavy atom. The van der Waals surface area contributed by atoms with Gasteiger partial charge in [-0.3, -0.25) is 4.79 Å². The average Bonchev–Trinajstić information content (AvgIpc) is 3.16. The zero-order valence-electron chi connectivity index (χ0n) is 16.5. The third kappa shape index (κ3) is 4.58. The van der Waals surface area contributed by atoms with Gasteiger partial charge in [-0.15, -0.1) is 15.3 Å². The van der Waals surface area contributed by atoms with E-state index in [2.05, 4.69) is 25.9 Å². The molecule has 0 saturated heterocycles. The molecule has 2 N–H and O–H groups in total. The van der Waals surface area contributed by atoms with E-state index in [1.54, 1.807) is 4.52 Å². The molecular weight excluding hydrogens is 400 g/mol. The Balaban J connectivity index is 1.42. The predicted molar refractivity (Wildman–Crippen MR) is 118 cm³/mol. The molecule has 30 heavy (non-hydrogen) atoms. The molecule has 7 nitrogen and oxygen atoms in total. The van der Waals surface area contributed by atoms with E-state index in [0.29, 0.717) is 35.3 Å². The number of nitrogens with one attached hydrogen (secondary N) is 2. The topological polar surface area (TPSA) is 84.2 Å². The van der Waals surface area contributed by atoms with Gasteiger partial charge >= 0.3 is 0 Å². The first-order valence-corrected chi connectivity index (χ1v) is 10.0. The molecular formula is C22H21ClN6O. The van der Waals surface area contributed by atoms with Crippen molar-refractivity contribution in [3.8, 4) is 0 Å². The lowest BCUT2D eigenvalue weighted by Gasteiger charge is -2.08. The van der Waals surface area contributed by atoms with E-state index in [4.69, 9.17) is 11.6 Å². The molecule has 152 valence electrons. The number of aromatic nitrogens is 4. The van der Waals surface area contributed by atoms with Crippen molar-refractivity contribution in [2.75, 3.05) is 10.6 Å². The third-order valence-electron chi connectivity index (χ3n) is 4.74. The van der Waals surface area contributed by atoms with Crippen LogP contribution in [0.2, 0.25) is 5.02 Å². The molecule has 2 aromatic heterocycles. The van der Waals surface area contributed by atoms with Gasteiger partial charge in [0, 0.05) is 30.1 Å². The molecule has 1 amide bonds. The number of para-hydroxylation sites is 1. The SMILES string of the molecule is Cc1ccccc1NC(=O)CCc1nnc2ccc(NCc3ccccc3Cl)nn12. The van der Waals surface area contributed by atoms with Crippen molar-refractivity contribution in [2.24, 2.45) is 0 Å². The van der Waals surface area contributed by atoms with Crippen LogP contribution in [0, 0.1) is 6.92 Å². The Morgan fingerprint density at radius 3 is 2.67 bits per heavy atom. The van der Waals surface area contributed by atoms with Crippen LogP contribution < -0.4 is 10.6 Å². The fraction of sp³-hybridized carbons (Fsp3) is 0.182. The molecule has 0 aliphatic heterocycles. The molecule has 2 aromatic carbocycles. The van der Waals surface area contributed by atoms with E-state index in [1.807, 2.05) is 67.6 Å². The normalized spacial score (nSPS) is 10.9. The minimum Gasteiger partial charge on any atom is -0.364 e. The maximum Gasteiger partial charge on any atom is 0.224 e. The lowest BCUT2D eigenvalue weighted by molar-refractivity contribution is -0.116. The Bertz CT molecular complexity index is 1190. The second kappa shape index (κ2) is 8.92. The van der Waals surface area contributed by atoms with Crippen LogP contribution in [-0.2, 0) is 17.8 Å². The summed E-state index contributed by atoms with van der Waals surface area (Å²) in [6.45, 7) is 2.51. The van der Waals surface area contributed by atoms with E-state index in [1.165, 1.54) is 0 Å². The number of hydrogen-bond donors (Lipinski definition) is 2. The van der Waals surface area contributed by atoms with Gasteiger partial charge in [0.05, 0.1) is 0 Å². The summed E-state index contributed by atoms with van der Waals surface area (Å²) in [7, 11) is 0. The van der Waals surface area contributed by atoms with Gasteiger partial charge in [-0.1, -0.05) is 48.0 Å². The predicted octanol–water partition coefficient (Wildman–Crippen LogP) is 4.27. The molecule has 4 aromatic rings. The second-order valence-corrected chi connectivity index (χ2v) is 7.32. The Morgan fingerprint density at radius 2 is 1.83 bits per heavy atom. The van der Waals surface area contributed by atoms with Gasteiger partial charge in [0.15, 0.2) is 11.5 Å². The van der Waals surface area contributed by atoms with E-state index in [9.17, 15) is 4.79 Å². The lowest BCUT2D eigenvalue weighted by Crippen LogP contribution is -2.14. The first-order chi connectivity index (χ1) is 14.6. The number of benzene rings is 2. The minimum atomic E-state index is -0.0750. The van der Waals surface area contributed by atoms with Crippen molar-refractivity contribution < 1.29 is 4.79 Å². The summed E-state index contributed by atoms with van der Waals surface area (Å²) in [4.78, 5) is 12.3.